The topological polar surface area (TPSA) is 6.48 Å². The fraction of sp³-hybridized carbons (Fsp3) is 1.00. The normalized spacial score (nSPS) is 11.8. The predicted molar refractivity (Wildman–Crippen MR) is 129 cm³/mol. The molecular formula is C26H56N2. The quantitative estimate of drug-likeness (QED) is 0.162. The Hall–Kier alpha value is -0.0800. The maximum Gasteiger partial charge on any atom is -0.00248 e. The van der Waals surface area contributed by atoms with E-state index in [0.717, 1.165) is 0 Å². The lowest BCUT2D eigenvalue weighted by molar-refractivity contribution is 0.389. The van der Waals surface area contributed by atoms with Crippen LogP contribution in [0.1, 0.15) is 128 Å². The Morgan fingerprint density at radius 1 is 0.250 bits per heavy atom. The molecule has 0 saturated heterocycles. The molecule has 0 amide bonds. The van der Waals surface area contributed by atoms with Gasteiger partial charge in [-0.2, -0.15) is 0 Å². The second-order valence-corrected chi connectivity index (χ2v) is 9.68. The van der Waals surface area contributed by atoms with Gasteiger partial charge in [0, 0.05) is 0 Å². The molecule has 0 radical (unpaired) electrons. The molecule has 170 valence electrons. The third-order valence-electron chi connectivity index (χ3n) is 5.96. The fourth-order valence-corrected chi connectivity index (χ4v) is 4.04. The van der Waals surface area contributed by atoms with Gasteiger partial charge in [-0.1, -0.05) is 116 Å². The second kappa shape index (κ2) is 23.2. The van der Waals surface area contributed by atoms with Crippen molar-refractivity contribution in [2.75, 3.05) is 41.3 Å². The molecule has 28 heavy (non-hydrogen) atoms. The summed E-state index contributed by atoms with van der Waals surface area (Å²) in [6.07, 6.45) is 29.2. The summed E-state index contributed by atoms with van der Waals surface area (Å²) in [6, 6.07) is 0. The van der Waals surface area contributed by atoms with Gasteiger partial charge in [-0.25, -0.2) is 0 Å². The molecule has 0 saturated carbocycles. The summed E-state index contributed by atoms with van der Waals surface area (Å²) < 4.78 is 0. The Morgan fingerprint density at radius 3 is 0.536 bits per heavy atom. The summed E-state index contributed by atoms with van der Waals surface area (Å²) in [5.74, 6) is 0. The van der Waals surface area contributed by atoms with Crippen LogP contribution in [-0.4, -0.2) is 51.1 Å². The Kier molecular flexibility index (Phi) is 23.1. The molecule has 0 aliphatic heterocycles. The third-order valence-corrected chi connectivity index (χ3v) is 5.96. The van der Waals surface area contributed by atoms with Crippen LogP contribution in [0.4, 0.5) is 0 Å². The standard InChI is InChI=1S/C26H56N2/c1-27(2)25-23-21-19-17-15-13-11-9-7-5-6-8-10-12-14-16-18-20-22-24-26-28(3)4/h5-26H2,1-4H3. The maximum absolute atomic E-state index is 2.30. The molecule has 0 aliphatic carbocycles. The molecule has 0 aromatic carbocycles. The van der Waals surface area contributed by atoms with Crippen LogP contribution in [0.15, 0.2) is 0 Å². The Morgan fingerprint density at radius 2 is 0.393 bits per heavy atom. The van der Waals surface area contributed by atoms with Gasteiger partial charge in [-0.3, -0.25) is 0 Å². The molecule has 0 aromatic heterocycles. The van der Waals surface area contributed by atoms with E-state index < -0.39 is 0 Å². The van der Waals surface area contributed by atoms with Gasteiger partial charge >= 0.3 is 0 Å². The van der Waals surface area contributed by atoms with Crippen molar-refractivity contribution in [1.82, 2.24) is 9.80 Å². The van der Waals surface area contributed by atoms with E-state index in [1.54, 1.807) is 0 Å². The predicted octanol–water partition coefficient (Wildman–Crippen LogP) is 7.91. The number of nitrogens with zero attached hydrogens (tertiary/aromatic N) is 2. The van der Waals surface area contributed by atoms with Gasteiger partial charge < -0.3 is 9.80 Å². The van der Waals surface area contributed by atoms with Crippen molar-refractivity contribution in [3.63, 3.8) is 0 Å². The molecule has 2 nitrogen and oxygen atoms in total. The highest BCUT2D eigenvalue weighted by molar-refractivity contribution is 4.52. The fourth-order valence-electron chi connectivity index (χ4n) is 4.04. The first-order valence-electron chi connectivity index (χ1n) is 12.9. The van der Waals surface area contributed by atoms with Crippen LogP contribution in [-0.2, 0) is 0 Å². The first-order valence-corrected chi connectivity index (χ1v) is 12.9. The average Bonchev–Trinajstić information content (AvgIpc) is 2.65. The van der Waals surface area contributed by atoms with Gasteiger partial charge in [0.15, 0.2) is 0 Å². The molecule has 0 atom stereocenters. The minimum absolute atomic E-state index is 1.26. The minimum atomic E-state index is 1.26. The first-order chi connectivity index (χ1) is 13.6. The van der Waals surface area contributed by atoms with Gasteiger partial charge in [0.05, 0.1) is 0 Å². The molecule has 0 heterocycles. The van der Waals surface area contributed by atoms with Crippen molar-refractivity contribution in [2.24, 2.45) is 0 Å². The van der Waals surface area contributed by atoms with Crippen LogP contribution in [0.2, 0.25) is 0 Å². The lowest BCUT2D eigenvalue weighted by Gasteiger charge is -2.08. The summed E-state index contributed by atoms with van der Waals surface area (Å²) in [7, 11) is 8.71. The summed E-state index contributed by atoms with van der Waals surface area (Å²) in [5.41, 5.74) is 0. The molecule has 0 rings (SSSR count). The largest absolute Gasteiger partial charge is 0.309 e. The van der Waals surface area contributed by atoms with Crippen molar-refractivity contribution in [1.29, 1.82) is 0 Å². The van der Waals surface area contributed by atoms with Crippen LogP contribution >= 0.6 is 0 Å². The second-order valence-electron chi connectivity index (χ2n) is 9.68. The Balaban J connectivity index is 3.00. The lowest BCUT2D eigenvalue weighted by Crippen LogP contribution is -2.12. The SMILES string of the molecule is CN(C)CCCCCCCCCCCCCCCCCCCCCCN(C)C. The van der Waals surface area contributed by atoms with Crippen molar-refractivity contribution in [2.45, 2.75) is 128 Å². The van der Waals surface area contributed by atoms with Crippen LogP contribution in [0.25, 0.3) is 0 Å². The zero-order valence-corrected chi connectivity index (χ0v) is 20.5. The van der Waals surface area contributed by atoms with E-state index >= 15 is 0 Å². The highest BCUT2D eigenvalue weighted by atomic mass is 15.0. The zero-order valence-electron chi connectivity index (χ0n) is 20.5. The minimum Gasteiger partial charge on any atom is -0.309 e. The van der Waals surface area contributed by atoms with Gasteiger partial charge in [0.1, 0.15) is 0 Å². The molecular weight excluding hydrogens is 340 g/mol. The Labute approximate surface area is 179 Å². The van der Waals surface area contributed by atoms with E-state index in [-0.39, 0.29) is 0 Å². The first kappa shape index (κ1) is 27.9. The summed E-state index contributed by atoms with van der Waals surface area (Å²) >= 11 is 0. The molecule has 0 unspecified atom stereocenters. The van der Waals surface area contributed by atoms with Crippen LogP contribution in [0.3, 0.4) is 0 Å². The van der Waals surface area contributed by atoms with E-state index in [1.807, 2.05) is 0 Å². The monoisotopic (exact) mass is 396 g/mol. The Bertz CT molecular complexity index is 248. The van der Waals surface area contributed by atoms with E-state index in [4.69, 9.17) is 0 Å². The number of hydrogen-bond acceptors (Lipinski definition) is 2. The van der Waals surface area contributed by atoms with E-state index in [2.05, 4.69) is 38.0 Å². The van der Waals surface area contributed by atoms with Gasteiger partial charge in [-0.05, 0) is 54.1 Å². The van der Waals surface area contributed by atoms with E-state index in [9.17, 15) is 0 Å². The molecule has 0 aliphatic rings. The maximum atomic E-state index is 2.30. The van der Waals surface area contributed by atoms with Gasteiger partial charge in [-0.15, -0.1) is 0 Å². The van der Waals surface area contributed by atoms with Gasteiger partial charge in [0.2, 0.25) is 0 Å². The molecule has 2 heteroatoms. The van der Waals surface area contributed by atoms with E-state index in [1.165, 1.54) is 142 Å². The van der Waals surface area contributed by atoms with Crippen molar-refractivity contribution < 1.29 is 0 Å². The average molecular weight is 397 g/mol. The highest BCUT2D eigenvalue weighted by Gasteiger charge is 1.96. The third kappa shape index (κ3) is 25.9. The van der Waals surface area contributed by atoms with Crippen molar-refractivity contribution in [3.05, 3.63) is 0 Å². The van der Waals surface area contributed by atoms with Crippen LogP contribution in [0.5, 0.6) is 0 Å². The number of hydrogen-bond donors (Lipinski definition) is 0. The van der Waals surface area contributed by atoms with Crippen molar-refractivity contribution in [3.8, 4) is 0 Å². The summed E-state index contributed by atoms with van der Waals surface area (Å²) in [4.78, 5) is 4.60. The van der Waals surface area contributed by atoms with E-state index in [0.29, 0.717) is 0 Å². The zero-order chi connectivity index (χ0) is 20.7. The number of unbranched alkanes of at least 4 members (excludes halogenated alkanes) is 19. The smallest absolute Gasteiger partial charge is 0.00248 e. The molecule has 0 N–H and O–H groups in total. The molecule has 0 aromatic rings. The molecule has 0 fully saturated rings. The van der Waals surface area contributed by atoms with Crippen LogP contribution < -0.4 is 0 Å². The van der Waals surface area contributed by atoms with Crippen molar-refractivity contribution >= 4 is 0 Å². The summed E-state index contributed by atoms with van der Waals surface area (Å²) in [6.45, 7) is 2.52. The van der Waals surface area contributed by atoms with Gasteiger partial charge in [0.25, 0.3) is 0 Å². The number of rotatable bonds is 23. The molecule has 0 spiro atoms. The highest BCUT2D eigenvalue weighted by Crippen LogP contribution is 2.14. The lowest BCUT2D eigenvalue weighted by atomic mass is 10.0. The summed E-state index contributed by atoms with van der Waals surface area (Å²) in [5, 5.41) is 0. The molecule has 0 bridgehead atoms. The van der Waals surface area contributed by atoms with Crippen LogP contribution in [0, 0.1) is 0 Å².